The molecule has 1 atom stereocenters. The molecule has 47 heavy (non-hydrogen) atoms. The van der Waals surface area contributed by atoms with E-state index in [2.05, 4.69) is 37.2 Å². The molecule has 4 rings (SSSR count). The van der Waals surface area contributed by atoms with Crippen molar-refractivity contribution in [3.8, 4) is 5.75 Å². The van der Waals surface area contributed by atoms with Gasteiger partial charge in [-0.05, 0) is 82.4 Å². The predicted octanol–water partition coefficient (Wildman–Crippen LogP) is 7.14. The third-order valence-electron chi connectivity index (χ3n) is 7.53. The minimum Gasteiger partial charge on any atom is -0.496 e. The number of ether oxygens (including phenoxy) is 1. The number of anilines is 1. The third kappa shape index (κ3) is 9.68. The van der Waals surface area contributed by atoms with Gasteiger partial charge in [0.1, 0.15) is 18.3 Å². The smallest absolute Gasteiger partial charge is 0.264 e. The predicted molar refractivity (Wildman–Crippen MR) is 193 cm³/mol. The minimum atomic E-state index is -4.25. The molecule has 0 bridgehead atoms. The fraction of sp³-hybridized carbons (Fsp3) is 0.278. The lowest BCUT2D eigenvalue weighted by atomic mass is 10.0. The van der Waals surface area contributed by atoms with Crippen LogP contribution in [0.3, 0.4) is 0 Å². The molecule has 1 unspecified atom stereocenters. The fourth-order valence-corrected chi connectivity index (χ4v) is 7.34. The molecule has 0 radical (unpaired) electrons. The van der Waals surface area contributed by atoms with Crippen molar-refractivity contribution < 1.29 is 22.7 Å². The molecule has 248 valence electrons. The largest absolute Gasteiger partial charge is 0.496 e. The second-order valence-electron chi connectivity index (χ2n) is 11.6. The van der Waals surface area contributed by atoms with Crippen molar-refractivity contribution >= 4 is 59.4 Å². The van der Waals surface area contributed by atoms with Gasteiger partial charge in [-0.15, -0.1) is 0 Å². The summed E-state index contributed by atoms with van der Waals surface area (Å²) in [6.07, 6.45) is 0.246. The monoisotopic (exact) mass is 783 g/mol. The van der Waals surface area contributed by atoms with E-state index in [9.17, 15) is 18.0 Å². The number of carbonyl (C=O) groups excluding carboxylic acids is 2. The fourth-order valence-electron chi connectivity index (χ4n) is 4.94. The van der Waals surface area contributed by atoms with Crippen LogP contribution in [-0.4, -0.2) is 51.4 Å². The van der Waals surface area contributed by atoms with Gasteiger partial charge in [0.05, 0.1) is 22.2 Å². The molecule has 0 aliphatic heterocycles. The first-order valence-corrected chi connectivity index (χ1v) is 18.2. The van der Waals surface area contributed by atoms with E-state index in [4.69, 9.17) is 4.74 Å². The number of methoxy groups -OCH3 is 1. The van der Waals surface area contributed by atoms with Gasteiger partial charge in [0, 0.05) is 24.0 Å². The highest BCUT2D eigenvalue weighted by atomic mass is 79.9. The molecule has 0 fully saturated rings. The summed E-state index contributed by atoms with van der Waals surface area (Å²) in [4.78, 5) is 29.9. The van der Waals surface area contributed by atoms with Gasteiger partial charge in [-0.2, -0.15) is 0 Å². The number of nitrogens with one attached hydrogen (secondary N) is 1. The van der Waals surface area contributed by atoms with E-state index in [1.54, 1.807) is 30.3 Å². The summed E-state index contributed by atoms with van der Waals surface area (Å²) in [6.45, 7) is 5.89. The summed E-state index contributed by atoms with van der Waals surface area (Å²) in [7, 11) is -2.76. The zero-order valence-electron chi connectivity index (χ0n) is 26.8. The van der Waals surface area contributed by atoms with Gasteiger partial charge in [-0.25, -0.2) is 8.42 Å². The van der Waals surface area contributed by atoms with E-state index in [1.807, 2.05) is 75.4 Å². The second kappa shape index (κ2) is 16.4. The zero-order valence-corrected chi connectivity index (χ0v) is 30.8. The van der Waals surface area contributed by atoms with Gasteiger partial charge in [-0.1, -0.05) is 89.9 Å². The number of carbonyl (C=O) groups is 2. The summed E-state index contributed by atoms with van der Waals surface area (Å²) in [5, 5.41) is 3.01. The van der Waals surface area contributed by atoms with Gasteiger partial charge in [0.15, 0.2) is 0 Å². The highest BCUT2D eigenvalue weighted by Gasteiger charge is 2.35. The van der Waals surface area contributed by atoms with Gasteiger partial charge in [0.2, 0.25) is 11.8 Å². The molecule has 2 amide bonds. The van der Waals surface area contributed by atoms with Crippen molar-refractivity contribution in [2.45, 2.75) is 44.7 Å². The Kier molecular flexibility index (Phi) is 12.6. The Balaban J connectivity index is 1.80. The maximum atomic E-state index is 14.6. The summed E-state index contributed by atoms with van der Waals surface area (Å²) in [5.41, 5.74) is 2.92. The number of benzene rings is 4. The topological polar surface area (TPSA) is 96.0 Å². The Hall–Kier alpha value is -3.67. The molecule has 0 saturated carbocycles. The summed E-state index contributed by atoms with van der Waals surface area (Å²) in [5.74, 6) is -0.168. The van der Waals surface area contributed by atoms with E-state index < -0.39 is 28.5 Å². The number of sulfonamides is 1. The number of halogens is 2. The Morgan fingerprint density at radius 1 is 0.872 bits per heavy atom. The number of nitrogens with zero attached hydrogens (tertiary/aromatic N) is 2. The van der Waals surface area contributed by atoms with Crippen LogP contribution in [0.2, 0.25) is 0 Å². The number of aryl methyl sites for hydroxylation is 1. The summed E-state index contributed by atoms with van der Waals surface area (Å²) in [6, 6.07) is 27.5. The molecule has 0 aliphatic rings. The first kappa shape index (κ1) is 36.2. The molecule has 0 spiro atoms. The molecular formula is C36H39Br2N3O5S. The number of hydrogen-bond donors (Lipinski definition) is 1. The third-order valence-corrected chi connectivity index (χ3v) is 10.5. The van der Waals surface area contributed by atoms with E-state index >= 15 is 0 Å². The highest BCUT2D eigenvalue weighted by Crippen LogP contribution is 2.31. The molecule has 0 heterocycles. The zero-order chi connectivity index (χ0) is 34.1. The molecule has 11 heteroatoms. The minimum absolute atomic E-state index is 0.0199. The standard InChI is InChI=1S/C36H39Br2N3O5S/c1-25(2)22-39-36(43)33(20-27-8-6-5-7-9-27)40(23-28-12-14-29(37)15-13-28)35(42)24-41(30-16-10-26(3)11-17-30)47(44,45)31-18-19-34(46-4)32(38)21-31/h5-19,21,25,33H,20,22-24H2,1-4H3,(H,39,43). The summed E-state index contributed by atoms with van der Waals surface area (Å²) >= 11 is 6.85. The molecule has 0 aromatic heterocycles. The van der Waals surface area contributed by atoms with Crippen LogP contribution in [0.25, 0.3) is 0 Å². The van der Waals surface area contributed by atoms with Crippen molar-refractivity contribution in [3.63, 3.8) is 0 Å². The van der Waals surface area contributed by atoms with Crippen LogP contribution in [-0.2, 0) is 32.6 Å². The Morgan fingerprint density at radius 3 is 2.13 bits per heavy atom. The van der Waals surface area contributed by atoms with E-state index in [-0.39, 0.29) is 29.7 Å². The maximum Gasteiger partial charge on any atom is 0.264 e. The van der Waals surface area contributed by atoms with Gasteiger partial charge in [0.25, 0.3) is 10.0 Å². The maximum absolute atomic E-state index is 14.6. The first-order valence-electron chi connectivity index (χ1n) is 15.2. The Morgan fingerprint density at radius 2 is 1.53 bits per heavy atom. The molecule has 0 aliphatic carbocycles. The van der Waals surface area contributed by atoms with Gasteiger partial charge in [-0.3, -0.25) is 13.9 Å². The Bertz CT molecular complexity index is 1770. The molecule has 4 aromatic rings. The number of hydrogen-bond acceptors (Lipinski definition) is 5. The van der Waals surface area contributed by atoms with E-state index in [1.165, 1.54) is 24.1 Å². The van der Waals surface area contributed by atoms with Crippen molar-refractivity contribution in [2.75, 3.05) is 24.5 Å². The van der Waals surface area contributed by atoms with Crippen molar-refractivity contribution in [3.05, 3.63) is 123 Å². The Labute approximate surface area is 294 Å². The van der Waals surface area contributed by atoms with Crippen molar-refractivity contribution in [2.24, 2.45) is 5.92 Å². The van der Waals surface area contributed by atoms with E-state index in [0.717, 1.165) is 25.5 Å². The molecular weight excluding hydrogens is 746 g/mol. The second-order valence-corrected chi connectivity index (χ2v) is 15.3. The van der Waals surface area contributed by atoms with Crippen molar-refractivity contribution in [1.82, 2.24) is 10.2 Å². The van der Waals surface area contributed by atoms with Crippen LogP contribution in [0, 0.1) is 12.8 Å². The number of rotatable bonds is 14. The lowest BCUT2D eigenvalue weighted by Crippen LogP contribution is -2.53. The van der Waals surface area contributed by atoms with Crippen LogP contribution >= 0.6 is 31.9 Å². The molecule has 1 N–H and O–H groups in total. The number of amides is 2. The van der Waals surface area contributed by atoms with Crippen LogP contribution < -0.4 is 14.4 Å². The first-order chi connectivity index (χ1) is 22.4. The lowest BCUT2D eigenvalue weighted by Gasteiger charge is -2.34. The molecule has 8 nitrogen and oxygen atoms in total. The average Bonchev–Trinajstić information content (AvgIpc) is 3.05. The quantitative estimate of drug-likeness (QED) is 0.147. The molecule has 4 aromatic carbocycles. The average molecular weight is 786 g/mol. The summed E-state index contributed by atoms with van der Waals surface area (Å²) < 4.78 is 36.3. The van der Waals surface area contributed by atoms with Crippen LogP contribution in [0.5, 0.6) is 5.75 Å². The van der Waals surface area contributed by atoms with Crippen LogP contribution in [0.4, 0.5) is 5.69 Å². The highest BCUT2D eigenvalue weighted by molar-refractivity contribution is 9.10. The van der Waals surface area contributed by atoms with Crippen LogP contribution in [0.15, 0.2) is 111 Å². The van der Waals surface area contributed by atoms with Gasteiger partial charge < -0.3 is 15.0 Å². The van der Waals surface area contributed by atoms with Crippen LogP contribution in [0.1, 0.15) is 30.5 Å². The van der Waals surface area contributed by atoms with Crippen molar-refractivity contribution in [1.29, 1.82) is 0 Å². The lowest BCUT2D eigenvalue weighted by molar-refractivity contribution is -0.140. The molecule has 0 saturated heterocycles. The van der Waals surface area contributed by atoms with Gasteiger partial charge >= 0.3 is 0 Å². The van der Waals surface area contributed by atoms with E-state index in [0.29, 0.717) is 22.5 Å². The SMILES string of the molecule is COc1ccc(S(=O)(=O)N(CC(=O)N(Cc2ccc(Br)cc2)C(Cc2ccccc2)C(=O)NCC(C)C)c2ccc(C)cc2)cc1Br. The normalized spacial score (nSPS) is 12.0.